The smallest absolute Gasteiger partial charge is 0.337 e. The van der Waals surface area contributed by atoms with Crippen LogP contribution >= 0.6 is 0 Å². The van der Waals surface area contributed by atoms with Gasteiger partial charge in [-0.15, -0.1) is 0 Å². The maximum absolute atomic E-state index is 13.9. The van der Waals surface area contributed by atoms with Crippen molar-refractivity contribution in [2.45, 2.75) is 12.3 Å². The molecule has 0 unspecified atom stereocenters. The molecule has 0 saturated carbocycles. The highest BCUT2D eigenvalue weighted by atomic mass is 32.2. The third-order valence-corrected chi connectivity index (χ3v) is 4.52. The van der Waals surface area contributed by atoms with E-state index in [9.17, 15) is 22.0 Å². The van der Waals surface area contributed by atoms with Crippen LogP contribution in [0, 0.1) is 11.6 Å². The van der Waals surface area contributed by atoms with E-state index in [4.69, 9.17) is 0 Å². The molecule has 0 saturated heterocycles. The first-order chi connectivity index (χ1) is 11.3. The summed E-state index contributed by atoms with van der Waals surface area (Å²) < 4.78 is 57.4. The predicted molar refractivity (Wildman–Crippen MR) is 83.6 cm³/mol. The number of rotatable bonds is 6. The second-order valence-electron chi connectivity index (χ2n) is 5.00. The van der Waals surface area contributed by atoms with Crippen molar-refractivity contribution in [3.05, 3.63) is 70.8 Å². The molecule has 0 aromatic heterocycles. The Labute approximate surface area is 138 Å². The lowest BCUT2D eigenvalue weighted by Crippen LogP contribution is -2.25. The summed E-state index contributed by atoms with van der Waals surface area (Å²) in [4.78, 5) is 11.3. The molecule has 0 fully saturated rings. The van der Waals surface area contributed by atoms with Crippen molar-refractivity contribution in [3.63, 3.8) is 0 Å². The highest BCUT2D eigenvalue weighted by molar-refractivity contribution is 7.88. The monoisotopic (exact) mass is 355 g/mol. The maximum atomic E-state index is 13.9. The molecule has 0 aliphatic carbocycles. The number of benzene rings is 2. The van der Waals surface area contributed by atoms with Crippen molar-refractivity contribution >= 4 is 16.0 Å². The average Bonchev–Trinajstić information content (AvgIpc) is 2.55. The minimum Gasteiger partial charge on any atom is -0.465 e. The van der Waals surface area contributed by atoms with Crippen LogP contribution in [0.15, 0.2) is 42.5 Å². The average molecular weight is 355 g/mol. The molecule has 8 heteroatoms. The number of hydrogen-bond acceptors (Lipinski definition) is 4. The maximum Gasteiger partial charge on any atom is 0.337 e. The van der Waals surface area contributed by atoms with Gasteiger partial charge in [0.05, 0.1) is 18.4 Å². The van der Waals surface area contributed by atoms with Gasteiger partial charge in [-0.1, -0.05) is 18.2 Å². The predicted octanol–water partition coefficient (Wildman–Crippen LogP) is 2.37. The zero-order valence-corrected chi connectivity index (χ0v) is 13.6. The lowest BCUT2D eigenvalue weighted by molar-refractivity contribution is 0.0600. The molecule has 24 heavy (non-hydrogen) atoms. The van der Waals surface area contributed by atoms with Crippen LogP contribution in [0.4, 0.5) is 8.78 Å². The summed E-state index contributed by atoms with van der Waals surface area (Å²) in [5, 5.41) is 0. The molecule has 2 aromatic carbocycles. The molecule has 0 bridgehead atoms. The highest BCUT2D eigenvalue weighted by Crippen LogP contribution is 2.13. The van der Waals surface area contributed by atoms with Crippen LogP contribution in [-0.4, -0.2) is 21.5 Å². The minimum atomic E-state index is -3.72. The number of methoxy groups -OCH3 is 1. The van der Waals surface area contributed by atoms with Crippen LogP contribution in [0.2, 0.25) is 0 Å². The summed E-state index contributed by atoms with van der Waals surface area (Å²) >= 11 is 0. The number of carbonyl (C=O) groups excluding carboxylic acids is 1. The van der Waals surface area contributed by atoms with Gasteiger partial charge < -0.3 is 4.74 Å². The molecule has 0 aliphatic heterocycles. The first kappa shape index (κ1) is 18.0. The summed E-state index contributed by atoms with van der Waals surface area (Å²) in [5.74, 6) is -2.22. The van der Waals surface area contributed by atoms with Gasteiger partial charge in [0.2, 0.25) is 10.0 Å². The number of sulfonamides is 1. The Hall–Kier alpha value is -2.32. The Bertz CT molecular complexity index is 836. The minimum absolute atomic E-state index is 0.0351. The van der Waals surface area contributed by atoms with Crippen molar-refractivity contribution in [1.29, 1.82) is 0 Å². The van der Waals surface area contributed by atoms with Crippen molar-refractivity contribution in [1.82, 2.24) is 4.72 Å². The van der Waals surface area contributed by atoms with Gasteiger partial charge in [-0.25, -0.2) is 26.7 Å². The number of hydrogen-bond donors (Lipinski definition) is 1. The summed E-state index contributed by atoms with van der Waals surface area (Å²) in [5.41, 5.74) is 0.531. The molecular weight excluding hydrogens is 340 g/mol. The van der Waals surface area contributed by atoms with E-state index in [0.717, 1.165) is 18.2 Å². The van der Waals surface area contributed by atoms with Crippen LogP contribution in [-0.2, 0) is 27.1 Å². The lowest BCUT2D eigenvalue weighted by atomic mass is 10.1. The topological polar surface area (TPSA) is 72.5 Å². The van der Waals surface area contributed by atoms with Gasteiger partial charge >= 0.3 is 5.97 Å². The van der Waals surface area contributed by atoms with Crippen molar-refractivity contribution in [2.75, 3.05) is 7.11 Å². The van der Waals surface area contributed by atoms with Crippen molar-refractivity contribution < 1.29 is 26.7 Å². The van der Waals surface area contributed by atoms with Gasteiger partial charge in [-0.05, 0) is 29.8 Å². The summed E-state index contributed by atoms with van der Waals surface area (Å²) in [6.45, 7) is -0.267. The second kappa shape index (κ2) is 7.50. The van der Waals surface area contributed by atoms with E-state index in [1.165, 1.54) is 31.4 Å². The van der Waals surface area contributed by atoms with Crippen LogP contribution < -0.4 is 4.72 Å². The number of halogens is 2. The third-order valence-electron chi connectivity index (χ3n) is 3.23. The Morgan fingerprint density at radius 3 is 2.38 bits per heavy atom. The van der Waals surface area contributed by atoms with Gasteiger partial charge in [0.1, 0.15) is 11.6 Å². The Balaban J connectivity index is 2.04. The number of esters is 1. The molecule has 2 aromatic rings. The molecule has 0 spiro atoms. The fourth-order valence-electron chi connectivity index (χ4n) is 1.97. The zero-order valence-electron chi connectivity index (χ0n) is 12.8. The lowest BCUT2D eigenvalue weighted by Gasteiger charge is -2.09. The zero-order chi connectivity index (χ0) is 17.7. The number of nitrogens with one attached hydrogen (secondary N) is 1. The van der Waals surface area contributed by atoms with Crippen LogP contribution in [0.1, 0.15) is 21.5 Å². The number of ether oxygens (including phenoxy) is 1. The second-order valence-corrected chi connectivity index (χ2v) is 6.81. The molecular formula is C16H15F2NO4S. The molecule has 1 N–H and O–H groups in total. The standard InChI is InChI=1S/C16H15F2NO4S/c1-23-16(20)12-4-5-13(15(18)8-12)9-19-24(21,22)10-11-2-6-14(17)7-3-11/h2-8,19H,9-10H2,1H3. The summed E-state index contributed by atoms with van der Waals surface area (Å²) in [7, 11) is -2.55. The fourth-order valence-corrected chi connectivity index (χ4v) is 3.08. The van der Waals surface area contributed by atoms with Crippen LogP contribution in [0.5, 0.6) is 0 Å². The van der Waals surface area contributed by atoms with Crippen LogP contribution in [0.25, 0.3) is 0 Å². The van der Waals surface area contributed by atoms with Crippen molar-refractivity contribution in [2.24, 2.45) is 0 Å². The first-order valence-electron chi connectivity index (χ1n) is 6.89. The molecule has 2 rings (SSSR count). The van der Waals surface area contributed by atoms with Gasteiger partial charge in [0.25, 0.3) is 0 Å². The van der Waals surface area contributed by atoms with E-state index in [-0.39, 0.29) is 23.4 Å². The molecule has 0 radical (unpaired) electrons. The van der Waals surface area contributed by atoms with E-state index in [2.05, 4.69) is 9.46 Å². The molecule has 128 valence electrons. The molecule has 0 aliphatic rings. The largest absolute Gasteiger partial charge is 0.465 e. The SMILES string of the molecule is COC(=O)c1ccc(CNS(=O)(=O)Cc2ccc(F)cc2)c(F)c1. The van der Waals surface area contributed by atoms with Gasteiger partial charge in [-0.3, -0.25) is 0 Å². The molecule has 0 atom stereocenters. The Morgan fingerprint density at radius 2 is 1.79 bits per heavy atom. The van der Waals surface area contributed by atoms with E-state index >= 15 is 0 Å². The van der Waals surface area contributed by atoms with Gasteiger partial charge in [-0.2, -0.15) is 0 Å². The summed E-state index contributed by atoms with van der Waals surface area (Å²) in [6.07, 6.45) is 0. The summed E-state index contributed by atoms with van der Waals surface area (Å²) in [6, 6.07) is 8.68. The Kier molecular flexibility index (Phi) is 5.63. The van der Waals surface area contributed by atoms with Crippen molar-refractivity contribution in [3.8, 4) is 0 Å². The third kappa shape index (κ3) is 4.84. The van der Waals surface area contributed by atoms with E-state index in [1.807, 2.05) is 0 Å². The fraction of sp³-hybridized carbons (Fsp3) is 0.188. The Morgan fingerprint density at radius 1 is 1.12 bits per heavy atom. The van der Waals surface area contributed by atoms with Gasteiger partial charge in [0, 0.05) is 12.1 Å². The normalized spacial score (nSPS) is 11.3. The molecule has 5 nitrogen and oxygen atoms in total. The first-order valence-corrected chi connectivity index (χ1v) is 8.54. The van der Waals surface area contributed by atoms with E-state index in [0.29, 0.717) is 5.56 Å². The number of carbonyl (C=O) groups is 1. The molecule has 0 heterocycles. The van der Waals surface area contributed by atoms with E-state index < -0.39 is 27.6 Å². The quantitative estimate of drug-likeness (QED) is 0.808. The van der Waals surface area contributed by atoms with E-state index in [1.54, 1.807) is 0 Å². The highest BCUT2D eigenvalue weighted by Gasteiger charge is 2.14. The van der Waals surface area contributed by atoms with Gasteiger partial charge in [0.15, 0.2) is 0 Å². The molecule has 0 amide bonds. The van der Waals surface area contributed by atoms with Crippen LogP contribution in [0.3, 0.4) is 0 Å².